The van der Waals surface area contributed by atoms with Crippen LogP contribution in [-0.2, 0) is 4.79 Å². The summed E-state index contributed by atoms with van der Waals surface area (Å²) in [4.78, 5) is 26.5. The van der Waals surface area contributed by atoms with Crippen LogP contribution in [0.2, 0.25) is 0 Å². The normalized spacial score (nSPS) is 12.1. The van der Waals surface area contributed by atoms with Gasteiger partial charge in [-0.2, -0.15) is 5.26 Å². The molecule has 0 saturated carbocycles. The average molecular weight is 468 g/mol. The number of aryl methyl sites for hydroxylation is 1. The standard InChI is InChI=1S/C27H21N3O3S/c1-18-8-12-20(13-9-18)29-25(31)23(17-28)27-30(21-6-4-3-5-7-21)26(32)24(34-27)16-19-10-14-22(33-2)15-11-19/h3-16H,1-2H3,(H,29,31)/b24-16-,27-23-. The maximum absolute atomic E-state index is 13.4. The van der Waals surface area contributed by atoms with E-state index in [1.54, 1.807) is 61.7 Å². The number of thiazole rings is 1. The van der Waals surface area contributed by atoms with Crippen molar-refractivity contribution < 1.29 is 9.53 Å². The van der Waals surface area contributed by atoms with Gasteiger partial charge in [0.15, 0.2) is 5.57 Å². The van der Waals surface area contributed by atoms with Crippen molar-refractivity contribution in [3.8, 4) is 17.5 Å². The van der Waals surface area contributed by atoms with Crippen molar-refractivity contribution in [1.29, 1.82) is 5.26 Å². The molecule has 6 nitrogen and oxygen atoms in total. The summed E-state index contributed by atoms with van der Waals surface area (Å²) < 4.78 is 7.27. The minimum atomic E-state index is -0.576. The Balaban J connectivity index is 1.91. The highest BCUT2D eigenvalue weighted by Crippen LogP contribution is 2.12. The third kappa shape index (κ3) is 4.82. The molecule has 0 fully saturated rings. The molecule has 34 heavy (non-hydrogen) atoms. The number of carbonyl (C=O) groups excluding carboxylic acids is 1. The number of nitrogens with one attached hydrogen (secondary N) is 1. The summed E-state index contributed by atoms with van der Waals surface area (Å²) in [7, 11) is 1.59. The number of nitrogens with zero attached hydrogens (tertiary/aromatic N) is 2. The minimum absolute atomic E-state index is 0.138. The van der Waals surface area contributed by atoms with Crippen molar-refractivity contribution in [2.45, 2.75) is 6.92 Å². The summed E-state index contributed by atoms with van der Waals surface area (Å²) >= 11 is 1.10. The van der Waals surface area contributed by atoms with Gasteiger partial charge < -0.3 is 10.1 Å². The van der Waals surface area contributed by atoms with E-state index in [4.69, 9.17) is 4.74 Å². The zero-order chi connectivity index (χ0) is 24.1. The smallest absolute Gasteiger partial charge is 0.273 e. The molecule has 0 atom stereocenters. The quantitative estimate of drug-likeness (QED) is 0.488. The molecular weight excluding hydrogens is 446 g/mol. The van der Waals surface area contributed by atoms with E-state index in [1.165, 1.54) is 4.57 Å². The largest absolute Gasteiger partial charge is 0.497 e. The number of para-hydroxylation sites is 1. The Bertz CT molecular complexity index is 1540. The van der Waals surface area contributed by atoms with Gasteiger partial charge in [-0.3, -0.25) is 14.2 Å². The molecule has 0 aliphatic heterocycles. The first-order valence-electron chi connectivity index (χ1n) is 10.5. The predicted molar refractivity (Wildman–Crippen MR) is 135 cm³/mol. The van der Waals surface area contributed by atoms with E-state index >= 15 is 0 Å². The van der Waals surface area contributed by atoms with Gasteiger partial charge in [-0.1, -0.05) is 48.0 Å². The minimum Gasteiger partial charge on any atom is -0.497 e. The molecule has 0 bridgehead atoms. The fraction of sp³-hybridized carbons (Fsp3) is 0.0741. The van der Waals surface area contributed by atoms with Crippen molar-refractivity contribution in [2.24, 2.45) is 0 Å². The third-order valence-corrected chi connectivity index (χ3v) is 6.21. The van der Waals surface area contributed by atoms with Gasteiger partial charge in [0.25, 0.3) is 11.5 Å². The topological polar surface area (TPSA) is 84.1 Å². The maximum atomic E-state index is 13.4. The highest BCUT2D eigenvalue weighted by atomic mass is 32.1. The summed E-state index contributed by atoms with van der Waals surface area (Å²) in [5.74, 6) is 0.131. The Labute approximate surface area is 200 Å². The average Bonchev–Trinajstić information content (AvgIpc) is 3.17. The first-order chi connectivity index (χ1) is 16.5. The Morgan fingerprint density at radius 1 is 1.03 bits per heavy atom. The van der Waals surface area contributed by atoms with Crippen LogP contribution >= 0.6 is 11.3 Å². The molecule has 1 N–H and O–H groups in total. The summed E-state index contributed by atoms with van der Waals surface area (Å²) in [5, 5.41) is 12.7. The van der Waals surface area contributed by atoms with Gasteiger partial charge in [0.2, 0.25) is 0 Å². The molecule has 0 spiro atoms. The van der Waals surface area contributed by atoms with Crippen LogP contribution in [0.4, 0.5) is 5.69 Å². The maximum Gasteiger partial charge on any atom is 0.273 e. The first-order valence-corrected chi connectivity index (χ1v) is 11.3. The van der Waals surface area contributed by atoms with Crippen molar-refractivity contribution in [3.05, 3.63) is 110 Å². The molecular formula is C27H21N3O3S. The number of ether oxygens (including phenoxy) is 1. The molecule has 4 rings (SSSR count). The number of hydrogen-bond acceptors (Lipinski definition) is 5. The van der Waals surface area contributed by atoms with E-state index in [9.17, 15) is 14.9 Å². The SMILES string of the molecule is COc1ccc(/C=c2\s/c(=C(/C#N)C(=O)Nc3ccc(C)cc3)n(-c3ccccc3)c2=O)cc1. The Morgan fingerprint density at radius 3 is 2.32 bits per heavy atom. The molecule has 7 heteroatoms. The second-order valence-corrected chi connectivity index (χ2v) is 8.50. The number of hydrogen-bond donors (Lipinski definition) is 1. The Kier molecular flexibility index (Phi) is 6.72. The molecule has 0 saturated heterocycles. The van der Waals surface area contributed by atoms with Gasteiger partial charge in [0, 0.05) is 5.69 Å². The van der Waals surface area contributed by atoms with E-state index in [2.05, 4.69) is 5.32 Å². The first kappa shape index (κ1) is 22.8. The Morgan fingerprint density at radius 2 is 1.71 bits per heavy atom. The number of carbonyl (C=O) groups is 1. The highest BCUT2D eigenvalue weighted by Gasteiger charge is 2.17. The van der Waals surface area contributed by atoms with Crippen LogP contribution in [0.1, 0.15) is 11.1 Å². The van der Waals surface area contributed by atoms with Crippen LogP contribution in [0, 0.1) is 18.3 Å². The van der Waals surface area contributed by atoms with Crippen molar-refractivity contribution in [1.82, 2.24) is 4.57 Å². The van der Waals surface area contributed by atoms with Crippen LogP contribution in [0.5, 0.6) is 5.75 Å². The van der Waals surface area contributed by atoms with Gasteiger partial charge in [0.1, 0.15) is 16.5 Å². The number of nitriles is 1. The molecule has 0 aliphatic carbocycles. The zero-order valence-corrected chi connectivity index (χ0v) is 19.4. The summed E-state index contributed by atoms with van der Waals surface area (Å²) in [6.45, 7) is 1.95. The fourth-order valence-corrected chi connectivity index (χ4v) is 4.44. The molecule has 1 aromatic heterocycles. The van der Waals surface area contributed by atoms with Gasteiger partial charge in [-0.25, -0.2) is 0 Å². The number of benzene rings is 3. The molecule has 1 heterocycles. The number of amides is 1. The van der Waals surface area contributed by atoms with Crippen molar-refractivity contribution in [2.75, 3.05) is 12.4 Å². The van der Waals surface area contributed by atoms with Gasteiger partial charge in [-0.15, -0.1) is 11.3 Å². The van der Waals surface area contributed by atoms with E-state index in [1.807, 2.05) is 43.3 Å². The number of aromatic nitrogens is 1. The highest BCUT2D eigenvalue weighted by molar-refractivity contribution is 7.07. The second kappa shape index (κ2) is 10.0. The Hall–Kier alpha value is -4.41. The lowest BCUT2D eigenvalue weighted by atomic mass is 10.2. The monoisotopic (exact) mass is 467 g/mol. The summed E-state index contributed by atoms with van der Waals surface area (Å²) in [6.07, 6.45) is 1.74. The summed E-state index contributed by atoms with van der Waals surface area (Å²) in [6, 6.07) is 25.5. The predicted octanol–water partition coefficient (Wildman–Crippen LogP) is 3.36. The van der Waals surface area contributed by atoms with E-state index < -0.39 is 5.91 Å². The van der Waals surface area contributed by atoms with Crippen LogP contribution in [0.3, 0.4) is 0 Å². The fourth-order valence-electron chi connectivity index (χ4n) is 3.34. The number of rotatable bonds is 5. The second-order valence-electron chi connectivity index (χ2n) is 7.47. The van der Waals surface area contributed by atoms with Crippen LogP contribution < -0.4 is 24.8 Å². The van der Waals surface area contributed by atoms with Crippen molar-refractivity contribution in [3.63, 3.8) is 0 Å². The third-order valence-electron chi connectivity index (χ3n) is 5.11. The van der Waals surface area contributed by atoms with E-state index in [0.29, 0.717) is 21.7 Å². The lowest BCUT2D eigenvalue weighted by Gasteiger charge is -2.06. The molecule has 3 aromatic carbocycles. The molecule has 0 unspecified atom stereocenters. The van der Waals surface area contributed by atoms with Crippen molar-refractivity contribution >= 4 is 34.6 Å². The van der Waals surface area contributed by atoms with Gasteiger partial charge in [0.05, 0.1) is 17.3 Å². The van der Waals surface area contributed by atoms with Gasteiger partial charge in [-0.05, 0) is 55.0 Å². The molecule has 0 radical (unpaired) electrons. The zero-order valence-electron chi connectivity index (χ0n) is 18.6. The van der Waals surface area contributed by atoms with Crippen LogP contribution in [0.25, 0.3) is 17.3 Å². The molecule has 168 valence electrons. The lowest BCUT2D eigenvalue weighted by molar-refractivity contribution is -0.111. The van der Waals surface area contributed by atoms with E-state index in [0.717, 1.165) is 22.5 Å². The van der Waals surface area contributed by atoms with E-state index in [-0.39, 0.29) is 15.8 Å². The number of methoxy groups -OCH3 is 1. The van der Waals surface area contributed by atoms with Crippen LogP contribution in [-0.4, -0.2) is 17.6 Å². The molecule has 4 aromatic rings. The van der Waals surface area contributed by atoms with Gasteiger partial charge >= 0.3 is 0 Å². The van der Waals surface area contributed by atoms with Crippen LogP contribution in [0.15, 0.2) is 83.7 Å². The lowest BCUT2D eigenvalue weighted by Crippen LogP contribution is -2.32. The molecule has 1 amide bonds. The summed E-state index contributed by atoms with van der Waals surface area (Å²) in [5.41, 5.74) is 2.55. The molecule has 0 aliphatic rings. The number of anilines is 1.